The number of hydrogen-bond acceptors (Lipinski definition) is 5. The Balaban J connectivity index is 1.46. The van der Waals surface area contributed by atoms with E-state index < -0.39 is 0 Å². The van der Waals surface area contributed by atoms with Gasteiger partial charge in [0.15, 0.2) is 0 Å². The number of nitrogens with one attached hydrogen (secondary N) is 1. The van der Waals surface area contributed by atoms with E-state index in [1.54, 1.807) is 0 Å². The van der Waals surface area contributed by atoms with Gasteiger partial charge in [-0.15, -0.1) is 0 Å². The van der Waals surface area contributed by atoms with E-state index in [4.69, 9.17) is 0 Å². The lowest BCUT2D eigenvalue weighted by molar-refractivity contribution is 0.0940. The maximum Gasteiger partial charge on any atom is 0.270 e. The summed E-state index contributed by atoms with van der Waals surface area (Å²) in [6, 6.07) is 0. The molecule has 0 atom stereocenters. The quantitative estimate of drug-likeness (QED) is 0.908. The first kappa shape index (κ1) is 15.8. The monoisotopic (exact) mass is 329 g/mol. The van der Waals surface area contributed by atoms with Crippen LogP contribution in [0.5, 0.6) is 0 Å². The number of anilines is 1. The second kappa shape index (κ2) is 6.67. The van der Waals surface area contributed by atoms with Crippen molar-refractivity contribution in [1.29, 1.82) is 0 Å². The third-order valence-electron chi connectivity index (χ3n) is 5.64. The highest BCUT2D eigenvalue weighted by atomic mass is 16.1. The third-order valence-corrected chi connectivity index (χ3v) is 5.64. The van der Waals surface area contributed by atoms with Gasteiger partial charge in [-0.2, -0.15) is 0 Å². The third kappa shape index (κ3) is 3.11. The Kier molecular flexibility index (Phi) is 4.39. The summed E-state index contributed by atoms with van der Waals surface area (Å²) in [5.74, 6) is 2.54. The van der Waals surface area contributed by atoms with Gasteiger partial charge >= 0.3 is 0 Å². The standard InChI is InChI=1S/C18H27N5O/c1-13-20-16-15(6-7-19-18(16)24)17(21-13)23-10-8-22(9-11-23)12-14-4-2-3-5-14/h14H,2-12H2,1H3,(H,19,24). The Labute approximate surface area is 143 Å². The Morgan fingerprint density at radius 3 is 2.62 bits per heavy atom. The molecule has 2 aliphatic heterocycles. The number of rotatable bonds is 3. The highest BCUT2D eigenvalue weighted by Gasteiger charge is 2.28. The van der Waals surface area contributed by atoms with Crippen LogP contribution in [0.15, 0.2) is 0 Å². The molecule has 1 aliphatic carbocycles. The molecule has 0 spiro atoms. The van der Waals surface area contributed by atoms with E-state index in [1.165, 1.54) is 32.2 Å². The van der Waals surface area contributed by atoms with Crippen molar-refractivity contribution >= 4 is 11.7 Å². The number of amides is 1. The molecule has 1 aromatic rings. The molecule has 3 heterocycles. The molecule has 4 rings (SSSR count). The van der Waals surface area contributed by atoms with E-state index in [1.807, 2.05) is 6.92 Å². The zero-order valence-corrected chi connectivity index (χ0v) is 14.6. The number of carbonyl (C=O) groups excluding carboxylic acids is 1. The fourth-order valence-electron chi connectivity index (χ4n) is 4.35. The molecule has 24 heavy (non-hydrogen) atoms. The van der Waals surface area contributed by atoms with Crippen molar-refractivity contribution in [2.24, 2.45) is 5.92 Å². The maximum absolute atomic E-state index is 12.1. The van der Waals surface area contributed by atoms with Gasteiger partial charge in [0.25, 0.3) is 5.91 Å². The molecule has 3 aliphatic rings. The normalized spacial score (nSPS) is 22.5. The number of nitrogens with zero attached hydrogens (tertiary/aromatic N) is 4. The largest absolute Gasteiger partial charge is 0.354 e. The van der Waals surface area contributed by atoms with Crippen LogP contribution in [-0.4, -0.2) is 60.0 Å². The molecule has 2 fully saturated rings. The average molecular weight is 329 g/mol. The first-order chi connectivity index (χ1) is 11.7. The fraction of sp³-hybridized carbons (Fsp3) is 0.722. The highest BCUT2D eigenvalue weighted by molar-refractivity contribution is 5.96. The summed E-state index contributed by atoms with van der Waals surface area (Å²) >= 11 is 0. The van der Waals surface area contributed by atoms with Crippen LogP contribution in [0.4, 0.5) is 5.82 Å². The summed E-state index contributed by atoms with van der Waals surface area (Å²) in [7, 11) is 0. The molecule has 1 amide bonds. The number of fused-ring (bicyclic) bond motifs is 1. The van der Waals surface area contributed by atoms with Crippen LogP contribution >= 0.6 is 0 Å². The van der Waals surface area contributed by atoms with Crippen molar-refractivity contribution in [3.05, 3.63) is 17.1 Å². The molecule has 0 radical (unpaired) electrons. The van der Waals surface area contributed by atoms with Crippen LogP contribution < -0.4 is 10.2 Å². The van der Waals surface area contributed by atoms with Crippen LogP contribution in [0.2, 0.25) is 0 Å². The van der Waals surface area contributed by atoms with Gasteiger partial charge in [-0.05, 0) is 32.1 Å². The van der Waals surface area contributed by atoms with E-state index in [0.29, 0.717) is 18.1 Å². The second-order valence-electron chi connectivity index (χ2n) is 7.37. The molecule has 1 aromatic heterocycles. The fourth-order valence-corrected chi connectivity index (χ4v) is 4.35. The Morgan fingerprint density at radius 1 is 1.12 bits per heavy atom. The molecule has 6 nitrogen and oxygen atoms in total. The second-order valence-corrected chi connectivity index (χ2v) is 7.37. The lowest BCUT2D eigenvalue weighted by atomic mass is 10.0. The van der Waals surface area contributed by atoms with Crippen molar-refractivity contribution in [2.45, 2.75) is 39.0 Å². The van der Waals surface area contributed by atoms with Crippen molar-refractivity contribution < 1.29 is 4.79 Å². The molecule has 1 saturated heterocycles. The van der Waals surface area contributed by atoms with Crippen molar-refractivity contribution in [2.75, 3.05) is 44.2 Å². The summed E-state index contributed by atoms with van der Waals surface area (Å²) in [6.45, 7) is 8.02. The van der Waals surface area contributed by atoms with Crippen molar-refractivity contribution in [1.82, 2.24) is 20.2 Å². The predicted octanol–water partition coefficient (Wildman–Crippen LogP) is 1.38. The summed E-state index contributed by atoms with van der Waals surface area (Å²) < 4.78 is 0. The molecule has 0 unspecified atom stereocenters. The van der Waals surface area contributed by atoms with E-state index in [-0.39, 0.29) is 5.91 Å². The van der Waals surface area contributed by atoms with Crippen LogP contribution in [0.25, 0.3) is 0 Å². The van der Waals surface area contributed by atoms with E-state index in [2.05, 4.69) is 25.1 Å². The number of piperazine rings is 1. The Hall–Kier alpha value is -1.69. The smallest absolute Gasteiger partial charge is 0.270 e. The van der Waals surface area contributed by atoms with E-state index >= 15 is 0 Å². The van der Waals surface area contributed by atoms with Crippen LogP contribution in [0.1, 0.15) is 47.6 Å². The average Bonchev–Trinajstić information content (AvgIpc) is 3.09. The van der Waals surface area contributed by atoms with Crippen molar-refractivity contribution in [3.8, 4) is 0 Å². The summed E-state index contributed by atoms with van der Waals surface area (Å²) in [4.78, 5) is 26.1. The van der Waals surface area contributed by atoms with Crippen LogP contribution in [0, 0.1) is 12.8 Å². The molecule has 0 bridgehead atoms. The van der Waals surface area contributed by atoms with Crippen LogP contribution in [-0.2, 0) is 6.42 Å². The Bertz CT molecular complexity index is 618. The van der Waals surface area contributed by atoms with Gasteiger partial charge in [0, 0.05) is 44.8 Å². The van der Waals surface area contributed by atoms with Gasteiger partial charge in [0.05, 0.1) is 0 Å². The van der Waals surface area contributed by atoms with E-state index in [0.717, 1.165) is 49.9 Å². The van der Waals surface area contributed by atoms with E-state index in [9.17, 15) is 4.79 Å². The molecular weight excluding hydrogens is 302 g/mol. The van der Waals surface area contributed by atoms with Crippen molar-refractivity contribution in [3.63, 3.8) is 0 Å². The topological polar surface area (TPSA) is 61.4 Å². The number of aryl methyl sites for hydroxylation is 1. The van der Waals surface area contributed by atoms with Gasteiger partial charge < -0.3 is 10.2 Å². The first-order valence-electron chi connectivity index (χ1n) is 9.34. The SMILES string of the molecule is Cc1nc2c(c(N3CCN(CC4CCCC4)CC3)n1)CCNC2=O. The molecule has 1 saturated carbocycles. The molecule has 130 valence electrons. The molecular formula is C18H27N5O. The Morgan fingerprint density at radius 2 is 1.88 bits per heavy atom. The van der Waals surface area contributed by atoms with Crippen LogP contribution in [0.3, 0.4) is 0 Å². The predicted molar refractivity (Wildman–Crippen MR) is 93.4 cm³/mol. The minimum absolute atomic E-state index is 0.0529. The number of aromatic nitrogens is 2. The van der Waals surface area contributed by atoms with Gasteiger partial charge in [-0.1, -0.05) is 12.8 Å². The zero-order chi connectivity index (χ0) is 16.5. The van der Waals surface area contributed by atoms with Gasteiger partial charge in [0.2, 0.25) is 0 Å². The summed E-state index contributed by atoms with van der Waals surface area (Å²) in [5, 5.41) is 2.89. The molecule has 0 aromatic carbocycles. The zero-order valence-electron chi connectivity index (χ0n) is 14.6. The summed E-state index contributed by atoms with van der Waals surface area (Å²) in [6.07, 6.45) is 6.49. The lowest BCUT2D eigenvalue weighted by Crippen LogP contribution is -2.48. The number of hydrogen-bond donors (Lipinski definition) is 1. The first-order valence-corrected chi connectivity index (χ1v) is 9.34. The summed E-state index contributed by atoms with van der Waals surface area (Å²) in [5.41, 5.74) is 1.62. The van der Waals surface area contributed by atoms with Gasteiger partial charge in [-0.3, -0.25) is 9.69 Å². The lowest BCUT2D eigenvalue weighted by Gasteiger charge is -2.37. The van der Waals surface area contributed by atoms with Gasteiger partial charge in [0.1, 0.15) is 17.3 Å². The number of carbonyl (C=O) groups is 1. The molecule has 1 N–H and O–H groups in total. The molecule has 6 heteroatoms. The highest BCUT2D eigenvalue weighted by Crippen LogP contribution is 2.27. The minimum Gasteiger partial charge on any atom is -0.354 e. The minimum atomic E-state index is -0.0529. The van der Waals surface area contributed by atoms with Gasteiger partial charge in [-0.25, -0.2) is 9.97 Å². The maximum atomic E-state index is 12.1.